The lowest BCUT2D eigenvalue weighted by Gasteiger charge is -2.25. The monoisotopic (exact) mass is 404 g/mol. The quantitative estimate of drug-likeness (QED) is 0.603. The lowest BCUT2D eigenvalue weighted by Crippen LogP contribution is -2.32. The fraction of sp³-hybridized carbons (Fsp3) is 0.217. The second kappa shape index (κ2) is 9.52. The van der Waals surface area contributed by atoms with E-state index in [2.05, 4.69) is 17.2 Å². The average Bonchev–Trinajstić information content (AvgIpc) is 3.11. The minimum atomic E-state index is -0.973. The molecule has 7 nitrogen and oxygen atoms in total. The summed E-state index contributed by atoms with van der Waals surface area (Å²) in [7, 11) is 0. The molecule has 0 unspecified atom stereocenters. The number of nitrogens with one attached hydrogen (secondary N) is 1. The van der Waals surface area contributed by atoms with E-state index in [4.69, 9.17) is 5.11 Å². The maximum atomic E-state index is 12.6. The SMILES string of the molecule is O=C(O)CCC(=O)N1Cc2ccccc2C#Cc2ccccc21.O=C1CCC(=O)N1. The largest absolute Gasteiger partial charge is 0.481 e. The van der Waals surface area contributed by atoms with Crippen molar-refractivity contribution in [2.75, 3.05) is 4.90 Å². The van der Waals surface area contributed by atoms with Gasteiger partial charge in [0.15, 0.2) is 0 Å². The Hall–Kier alpha value is -3.92. The molecule has 2 aliphatic heterocycles. The van der Waals surface area contributed by atoms with Crippen LogP contribution in [0.1, 0.15) is 42.4 Å². The molecule has 30 heavy (non-hydrogen) atoms. The number of rotatable bonds is 3. The van der Waals surface area contributed by atoms with Gasteiger partial charge in [-0.15, -0.1) is 0 Å². The van der Waals surface area contributed by atoms with Gasteiger partial charge >= 0.3 is 5.97 Å². The molecule has 0 saturated carbocycles. The van der Waals surface area contributed by atoms with Gasteiger partial charge in [0, 0.05) is 30.4 Å². The van der Waals surface area contributed by atoms with Gasteiger partial charge in [0.05, 0.1) is 18.7 Å². The van der Waals surface area contributed by atoms with Crippen molar-refractivity contribution in [3.63, 3.8) is 0 Å². The van der Waals surface area contributed by atoms with E-state index in [-0.39, 0.29) is 30.6 Å². The number of amides is 3. The maximum Gasteiger partial charge on any atom is 0.303 e. The average molecular weight is 404 g/mol. The van der Waals surface area contributed by atoms with E-state index in [0.29, 0.717) is 19.4 Å². The zero-order valence-corrected chi connectivity index (χ0v) is 16.2. The first-order valence-corrected chi connectivity index (χ1v) is 9.48. The molecule has 0 aliphatic carbocycles. The summed E-state index contributed by atoms with van der Waals surface area (Å²) in [5, 5.41) is 11.0. The van der Waals surface area contributed by atoms with Gasteiger partial charge in [-0.05, 0) is 23.8 Å². The molecule has 7 heteroatoms. The van der Waals surface area contributed by atoms with Crippen LogP contribution in [-0.4, -0.2) is 28.8 Å². The lowest BCUT2D eigenvalue weighted by atomic mass is 10.0. The van der Waals surface area contributed by atoms with Crippen molar-refractivity contribution in [2.45, 2.75) is 32.2 Å². The number of anilines is 1. The summed E-state index contributed by atoms with van der Waals surface area (Å²) < 4.78 is 0. The number of carboxylic acid groups (broad SMARTS) is 1. The molecule has 4 rings (SSSR count). The minimum Gasteiger partial charge on any atom is -0.481 e. The Morgan fingerprint density at radius 3 is 2.13 bits per heavy atom. The van der Waals surface area contributed by atoms with E-state index in [1.165, 1.54) is 0 Å². The molecule has 1 saturated heterocycles. The zero-order chi connectivity index (χ0) is 21.5. The number of hydrogen-bond acceptors (Lipinski definition) is 4. The van der Waals surface area contributed by atoms with Crippen molar-refractivity contribution in [3.05, 3.63) is 65.2 Å². The number of benzene rings is 2. The molecule has 2 heterocycles. The van der Waals surface area contributed by atoms with Gasteiger partial charge in [-0.2, -0.15) is 0 Å². The van der Waals surface area contributed by atoms with Crippen LogP contribution in [0.2, 0.25) is 0 Å². The fourth-order valence-electron chi connectivity index (χ4n) is 3.06. The van der Waals surface area contributed by atoms with Gasteiger partial charge in [0.1, 0.15) is 0 Å². The Morgan fingerprint density at radius 2 is 1.50 bits per heavy atom. The van der Waals surface area contributed by atoms with Crippen LogP contribution in [0.3, 0.4) is 0 Å². The number of fused-ring (bicyclic) bond motifs is 2. The highest BCUT2D eigenvalue weighted by molar-refractivity contribution is 6.01. The highest BCUT2D eigenvalue weighted by Gasteiger charge is 2.21. The van der Waals surface area contributed by atoms with Crippen molar-refractivity contribution in [1.29, 1.82) is 0 Å². The molecule has 1 fully saturated rings. The van der Waals surface area contributed by atoms with Crippen molar-refractivity contribution in [2.24, 2.45) is 0 Å². The van der Waals surface area contributed by atoms with Gasteiger partial charge in [-0.3, -0.25) is 24.5 Å². The van der Waals surface area contributed by atoms with Gasteiger partial charge < -0.3 is 10.0 Å². The number of hydrogen-bond donors (Lipinski definition) is 2. The van der Waals surface area contributed by atoms with Crippen LogP contribution in [-0.2, 0) is 25.7 Å². The molecular weight excluding hydrogens is 384 g/mol. The van der Waals surface area contributed by atoms with Gasteiger partial charge in [-0.25, -0.2) is 0 Å². The molecule has 0 radical (unpaired) electrons. The van der Waals surface area contributed by atoms with Gasteiger partial charge in [-0.1, -0.05) is 42.2 Å². The maximum absolute atomic E-state index is 12.6. The second-order valence-corrected chi connectivity index (χ2v) is 6.77. The smallest absolute Gasteiger partial charge is 0.303 e. The predicted octanol–water partition coefficient (Wildman–Crippen LogP) is 2.22. The number of carboxylic acids is 1. The van der Waals surface area contributed by atoms with Gasteiger partial charge in [0.2, 0.25) is 17.7 Å². The normalized spacial score (nSPS) is 13.9. The molecule has 3 amide bonds. The summed E-state index contributed by atoms with van der Waals surface area (Å²) in [6.45, 7) is 0.389. The van der Waals surface area contributed by atoms with E-state index < -0.39 is 5.97 Å². The molecule has 2 aliphatic rings. The Labute approximate surface area is 173 Å². The highest BCUT2D eigenvalue weighted by Crippen LogP contribution is 2.26. The summed E-state index contributed by atoms with van der Waals surface area (Å²) in [6, 6.07) is 15.1. The molecule has 152 valence electrons. The van der Waals surface area contributed by atoms with Crippen molar-refractivity contribution in [3.8, 4) is 11.8 Å². The van der Waals surface area contributed by atoms with Crippen LogP contribution in [0.5, 0.6) is 0 Å². The van der Waals surface area contributed by atoms with Crippen molar-refractivity contribution >= 4 is 29.4 Å². The van der Waals surface area contributed by atoms with E-state index in [0.717, 1.165) is 22.4 Å². The lowest BCUT2D eigenvalue weighted by molar-refractivity contribution is -0.138. The third kappa shape index (κ3) is 5.32. The van der Waals surface area contributed by atoms with E-state index in [1.54, 1.807) is 4.90 Å². The standard InChI is InChI=1S/C19H15NO3.C4H5NO2/c21-18(11-12-19(22)23)20-13-16-7-2-1-5-14(16)9-10-15-6-3-4-8-17(15)20;6-3-1-2-4(7)5-3/h1-8H,11-13H2,(H,22,23);1-2H2,(H,5,6,7). The first kappa shape index (κ1) is 20.8. The topological polar surface area (TPSA) is 104 Å². The summed E-state index contributed by atoms with van der Waals surface area (Å²) in [4.78, 5) is 45.2. The molecule has 0 spiro atoms. The number of carbonyl (C=O) groups excluding carboxylic acids is 3. The first-order chi connectivity index (χ1) is 14.4. The number of carbonyl (C=O) groups is 4. The summed E-state index contributed by atoms with van der Waals surface area (Å²) in [6.07, 6.45) is 0.543. The van der Waals surface area contributed by atoms with E-state index in [9.17, 15) is 19.2 Å². The number of aliphatic carboxylic acids is 1. The summed E-state index contributed by atoms with van der Waals surface area (Å²) in [5.74, 6) is 4.78. The minimum absolute atomic E-state index is 0.0285. The fourth-order valence-corrected chi connectivity index (χ4v) is 3.06. The van der Waals surface area contributed by atoms with E-state index >= 15 is 0 Å². The van der Waals surface area contributed by atoms with Crippen LogP contribution in [0.15, 0.2) is 48.5 Å². The van der Waals surface area contributed by atoms with E-state index in [1.807, 2.05) is 48.5 Å². The molecule has 2 aromatic rings. The molecule has 2 aromatic carbocycles. The molecule has 0 bridgehead atoms. The van der Waals surface area contributed by atoms with Crippen LogP contribution in [0.4, 0.5) is 5.69 Å². The van der Waals surface area contributed by atoms with Crippen LogP contribution in [0.25, 0.3) is 0 Å². The molecule has 2 N–H and O–H groups in total. The number of para-hydroxylation sites is 1. The molecule has 0 atom stereocenters. The van der Waals surface area contributed by atoms with Crippen molar-refractivity contribution < 1.29 is 24.3 Å². The van der Waals surface area contributed by atoms with Crippen LogP contribution >= 0.6 is 0 Å². The Morgan fingerprint density at radius 1 is 0.900 bits per heavy atom. The van der Waals surface area contributed by atoms with Gasteiger partial charge in [0.25, 0.3) is 0 Å². The first-order valence-electron chi connectivity index (χ1n) is 9.48. The summed E-state index contributed by atoms with van der Waals surface area (Å²) >= 11 is 0. The Balaban J connectivity index is 0.000000310. The summed E-state index contributed by atoms with van der Waals surface area (Å²) in [5.41, 5.74) is 3.34. The Bertz CT molecular complexity index is 1050. The highest BCUT2D eigenvalue weighted by atomic mass is 16.4. The van der Waals surface area contributed by atoms with Crippen LogP contribution < -0.4 is 10.2 Å². The molecule has 0 aromatic heterocycles. The molecular formula is C23H20N2O5. The predicted molar refractivity (Wildman–Crippen MR) is 109 cm³/mol. The second-order valence-electron chi connectivity index (χ2n) is 6.77. The Kier molecular flexibility index (Phi) is 6.60. The number of nitrogens with zero attached hydrogens (tertiary/aromatic N) is 1. The van der Waals surface area contributed by atoms with Crippen molar-refractivity contribution in [1.82, 2.24) is 5.32 Å². The van der Waals surface area contributed by atoms with Crippen LogP contribution in [0, 0.1) is 11.8 Å². The zero-order valence-electron chi connectivity index (χ0n) is 16.2. The number of imide groups is 1. The third-order valence-corrected chi connectivity index (χ3v) is 4.58. The third-order valence-electron chi connectivity index (χ3n) is 4.58.